The highest BCUT2D eigenvalue weighted by Crippen LogP contribution is 2.28. The van der Waals surface area contributed by atoms with E-state index in [4.69, 9.17) is 9.84 Å². The van der Waals surface area contributed by atoms with Gasteiger partial charge in [0.05, 0.1) is 24.5 Å². The molecule has 0 bridgehead atoms. The molecule has 2 heterocycles. The lowest BCUT2D eigenvalue weighted by Gasteiger charge is -2.34. The van der Waals surface area contributed by atoms with E-state index in [0.29, 0.717) is 37.6 Å². The molecule has 2 aliphatic heterocycles. The molecule has 3 amide bonds. The van der Waals surface area contributed by atoms with Gasteiger partial charge < -0.3 is 25.0 Å². The molecular weight excluding hydrogens is 359 g/mol. The number of carbonyl (C=O) groups is 3. The second kappa shape index (κ2) is 7.68. The summed E-state index contributed by atoms with van der Waals surface area (Å²) in [7, 11) is 0. The van der Waals surface area contributed by atoms with Gasteiger partial charge in [0.2, 0.25) is 5.91 Å². The van der Waals surface area contributed by atoms with E-state index in [-0.39, 0.29) is 19.0 Å². The summed E-state index contributed by atoms with van der Waals surface area (Å²) >= 11 is 0. The maximum absolute atomic E-state index is 14.6. The van der Waals surface area contributed by atoms with Gasteiger partial charge in [0, 0.05) is 33.1 Å². The Morgan fingerprint density at radius 3 is 2.59 bits per heavy atom. The number of piperazine rings is 1. The van der Waals surface area contributed by atoms with Gasteiger partial charge in [-0.1, -0.05) is 0 Å². The van der Waals surface area contributed by atoms with Crippen LogP contribution < -0.4 is 15.1 Å². The average molecular weight is 380 g/mol. The van der Waals surface area contributed by atoms with Gasteiger partial charge in [0.25, 0.3) is 0 Å². The van der Waals surface area contributed by atoms with Crippen molar-refractivity contribution in [2.75, 3.05) is 49.1 Å². The topological polar surface area (TPSA) is 102 Å². The number of rotatable bonds is 4. The Kier molecular flexibility index (Phi) is 5.33. The van der Waals surface area contributed by atoms with Crippen molar-refractivity contribution in [2.24, 2.45) is 0 Å². The van der Waals surface area contributed by atoms with Crippen LogP contribution in [0.3, 0.4) is 0 Å². The van der Waals surface area contributed by atoms with Crippen LogP contribution in [0.2, 0.25) is 0 Å². The number of amides is 3. The van der Waals surface area contributed by atoms with Gasteiger partial charge in [-0.15, -0.1) is 0 Å². The first-order valence-electron chi connectivity index (χ1n) is 8.60. The molecule has 10 heteroatoms. The van der Waals surface area contributed by atoms with Crippen LogP contribution in [0.4, 0.5) is 25.4 Å². The maximum Gasteiger partial charge on any atom is 0.414 e. The van der Waals surface area contributed by atoms with Crippen molar-refractivity contribution in [3.8, 4) is 0 Å². The Morgan fingerprint density at radius 1 is 1.30 bits per heavy atom. The van der Waals surface area contributed by atoms with Crippen LogP contribution in [0.5, 0.6) is 0 Å². The van der Waals surface area contributed by atoms with Gasteiger partial charge in [-0.05, 0) is 18.2 Å². The van der Waals surface area contributed by atoms with Gasteiger partial charge in [-0.2, -0.15) is 0 Å². The third kappa shape index (κ3) is 4.21. The summed E-state index contributed by atoms with van der Waals surface area (Å²) in [6.45, 7) is 3.19. The third-order valence-electron chi connectivity index (χ3n) is 4.59. The minimum Gasteiger partial charge on any atom is -0.465 e. The van der Waals surface area contributed by atoms with Gasteiger partial charge in [-0.25, -0.2) is 14.0 Å². The predicted molar refractivity (Wildman–Crippen MR) is 94.5 cm³/mol. The van der Waals surface area contributed by atoms with E-state index in [1.807, 2.05) is 0 Å². The van der Waals surface area contributed by atoms with E-state index in [2.05, 4.69) is 5.32 Å². The van der Waals surface area contributed by atoms with Gasteiger partial charge in [0.15, 0.2) is 0 Å². The van der Waals surface area contributed by atoms with Crippen LogP contribution >= 0.6 is 0 Å². The Morgan fingerprint density at radius 2 is 2.00 bits per heavy atom. The molecule has 0 aliphatic carbocycles. The van der Waals surface area contributed by atoms with Gasteiger partial charge >= 0.3 is 12.2 Å². The van der Waals surface area contributed by atoms with Crippen molar-refractivity contribution >= 4 is 29.5 Å². The Hall–Kier alpha value is -3.04. The number of anilines is 2. The van der Waals surface area contributed by atoms with Crippen LogP contribution in [0, 0.1) is 5.82 Å². The number of benzene rings is 1. The molecule has 0 saturated carbocycles. The van der Waals surface area contributed by atoms with Gasteiger partial charge in [0.1, 0.15) is 11.9 Å². The molecule has 27 heavy (non-hydrogen) atoms. The van der Waals surface area contributed by atoms with Crippen molar-refractivity contribution in [1.29, 1.82) is 0 Å². The summed E-state index contributed by atoms with van der Waals surface area (Å²) < 4.78 is 19.8. The molecule has 1 unspecified atom stereocenters. The average Bonchev–Trinajstić information content (AvgIpc) is 3.01. The molecule has 1 aromatic carbocycles. The quantitative estimate of drug-likeness (QED) is 0.811. The molecule has 146 valence electrons. The number of carbonyl (C=O) groups excluding carboxylic acids is 2. The highest BCUT2D eigenvalue weighted by atomic mass is 19.1. The van der Waals surface area contributed by atoms with Crippen molar-refractivity contribution in [1.82, 2.24) is 10.2 Å². The lowest BCUT2D eigenvalue weighted by Crippen LogP contribution is -2.48. The number of ether oxygens (including phenoxy) is 1. The SMILES string of the molecule is CC(=O)NCC1CN(c2ccc(N3CCN(C(=O)O)CC3)c(F)c2)C(=O)O1. The number of halogens is 1. The molecule has 9 nitrogen and oxygen atoms in total. The molecule has 2 N–H and O–H groups in total. The van der Waals surface area contributed by atoms with Crippen molar-refractivity contribution in [3.63, 3.8) is 0 Å². The largest absolute Gasteiger partial charge is 0.465 e. The zero-order chi connectivity index (χ0) is 19.6. The first-order valence-corrected chi connectivity index (χ1v) is 8.60. The van der Waals surface area contributed by atoms with E-state index >= 15 is 0 Å². The second-order valence-corrected chi connectivity index (χ2v) is 6.45. The van der Waals surface area contributed by atoms with Gasteiger partial charge in [-0.3, -0.25) is 9.69 Å². The summed E-state index contributed by atoms with van der Waals surface area (Å²) in [5.41, 5.74) is 0.738. The van der Waals surface area contributed by atoms with Crippen LogP contribution in [0.25, 0.3) is 0 Å². The normalized spacial score (nSPS) is 19.9. The van der Waals surface area contributed by atoms with E-state index in [0.717, 1.165) is 0 Å². The fourth-order valence-electron chi connectivity index (χ4n) is 3.16. The molecule has 2 saturated heterocycles. The monoisotopic (exact) mass is 380 g/mol. The minimum atomic E-state index is -0.980. The number of nitrogens with one attached hydrogen (secondary N) is 1. The fourth-order valence-corrected chi connectivity index (χ4v) is 3.16. The van der Waals surface area contributed by atoms with E-state index < -0.39 is 24.1 Å². The first-order chi connectivity index (χ1) is 12.8. The number of hydrogen-bond donors (Lipinski definition) is 2. The smallest absolute Gasteiger partial charge is 0.414 e. The predicted octanol–water partition coefficient (Wildman–Crippen LogP) is 1.09. The second-order valence-electron chi connectivity index (χ2n) is 6.45. The Labute approximate surface area is 155 Å². The van der Waals surface area contributed by atoms with Crippen molar-refractivity contribution in [2.45, 2.75) is 13.0 Å². The first kappa shape index (κ1) is 18.7. The van der Waals surface area contributed by atoms with Crippen molar-refractivity contribution in [3.05, 3.63) is 24.0 Å². The molecule has 1 atom stereocenters. The number of cyclic esters (lactones) is 1. The number of hydrogen-bond acceptors (Lipinski definition) is 5. The summed E-state index contributed by atoms with van der Waals surface area (Å²) in [6.07, 6.45) is -2.06. The summed E-state index contributed by atoms with van der Waals surface area (Å²) in [4.78, 5) is 38.3. The molecule has 0 aromatic heterocycles. The minimum absolute atomic E-state index is 0.200. The molecule has 0 radical (unpaired) electrons. The summed E-state index contributed by atoms with van der Waals surface area (Å²) in [5, 5.41) is 11.6. The molecule has 1 aromatic rings. The molecular formula is C17H21FN4O5. The van der Waals surface area contributed by atoms with Crippen molar-refractivity contribution < 1.29 is 28.6 Å². The maximum atomic E-state index is 14.6. The van der Waals surface area contributed by atoms with E-state index in [1.165, 1.54) is 22.8 Å². The van der Waals surface area contributed by atoms with Crippen LogP contribution in [-0.2, 0) is 9.53 Å². The number of nitrogens with zero attached hydrogens (tertiary/aromatic N) is 3. The van der Waals surface area contributed by atoms with E-state index in [9.17, 15) is 18.8 Å². The van der Waals surface area contributed by atoms with E-state index in [1.54, 1.807) is 17.0 Å². The highest BCUT2D eigenvalue weighted by molar-refractivity contribution is 5.90. The molecule has 2 aliphatic rings. The Balaban J connectivity index is 1.66. The highest BCUT2D eigenvalue weighted by Gasteiger charge is 2.33. The molecule has 2 fully saturated rings. The lowest BCUT2D eigenvalue weighted by molar-refractivity contribution is -0.119. The fraction of sp³-hybridized carbons (Fsp3) is 0.471. The van der Waals surface area contributed by atoms with Crippen LogP contribution in [-0.4, -0.2) is 73.5 Å². The molecule has 3 rings (SSSR count). The zero-order valence-electron chi connectivity index (χ0n) is 14.9. The van der Waals surface area contributed by atoms with Crippen LogP contribution in [0.1, 0.15) is 6.92 Å². The standard InChI is InChI=1S/C17H21FN4O5/c1-11(23)19-9-13-10-22(17(26)27-13)12-2-3-15(14(18)8-12)20-4-6-21(7-5-20)16(24)25/h2-3,8,13H,4-7,9-10H2,1H3,(H,19,23)(H,24,25). The summed E-state index contributed by atoms with van der Waals surface area (Å²) in [6, 6.07) is 4.47. The Bertz CT molecular complexity index is 751. The zero-order valence-corrected chi connectivity index (χ0v) is 14.9. The summed E-state index contributed by atoms with van der Waals surface area (Å²) in [5.74, 6) is -0.711. The number of carboxylic acid groups (broad SMARTS) is 1. The third-order valence-corrected chi connectivity index (χ3v) is 4.59. The van der Waals surface area contributed by atoms with Crippen LogP contribution in [0.15, 0.2) is 18.2 Å². The molecule has 0 spiro atoms. The lowest BCUT2D eigenvalue weighted by atomic mass is 10.2.